The van der Waals surface area contributed by atoms with Crippen molar-refractivity contribution in [3.8, 4) is 0 Å². The van der Waals surface area contributed by atoms with Crippen LogP contribution in [0.4, 0.5) is 11.4 Å². The lowest BCUT2D eigenvalue weighted by Crippen LogP contribution is -2.30. The van der Waals surface area contributed by atoms with Crippen molar-refractivity contribution in [1.82, 2.24) is 10.3 Å². The minimum absolute atomic E-state index is 0.0900. The van der Waals surface area contributed by atoms with Gasteiger partial charge >= 0.3 is 0 Å². The zero-order valence-corrected chi connectivity index (χ0v) is 26.0. The number of aromatic nitrogens is 1. The van der Waals surface area contributed by atoms with Gasteiger partial charge < -0.3 is 16.0 Å². The molecule has 0 aliphatic heterocycles. The first kappa shape index (κ1) is 31.0. The van der Waals surface area contributed by atoms with Crippen LogP contribution in [-0.4, -0.2) is 22.7 Å². The lowest BCUT2D eigenvalue weighted by molar-refractivity contribution is -0.116. The number of rotatable bonds is 10. The second-order valence-corrected chi connectivity index (χ2v) is 11.7. The number of anilines is 2. The Morgan fingerprint density at radius 3 is 2.13 bits per heavy atom. The van der Waals surface area contributed by atoms with Gasteiger partial charge in [0.1, 0.15) is 10.9 Å². The molecule has 1 aromatic heterocycles. The standard InChI is InChI=1S/C39H30N4O3S/c44-37(29-14-5-2-6-15-29)43-35(25-30-17-9-16-27-11-7-8-20-34(27)30)38(45)42-32-18-10-19-33(26-32)47-36(28-12-3-1-4-13-28)39(46)41-31-21-23-40-24-22-31/h1-26,36H,(H,42,45)(H,43,44)(H,40,41,46)/b35-25+. The van der Waals surface area contributed by atoms with Crippen molar-refractivity contribution in [2.45, 2.75) is 10.1 Å². The molecule has 230 valence electrons. The average Bonchev–Trinajstić information content (AvgIpc) is 3.11. The molecular formula is C39H30N4O3S. The van der Waals surface area contributed by atoms with E-state index >= 15 is 0 Å². The van der Waals surface area contributed by atoms with Gasteiger partial charge in [0, 0.05) is 34.2 Å². The van der Waals surface area contributed by atoms with E-state index < -0.39 is 17.1 Å². The molecule has 7 nitrogen and oxygen atoms in total. The van der Waals surface area contributed by atoms with Crippen molar-refractivity contribution >= 4 is 57.7 Å². The third-order valence-electron chi connectivity index (χ3n) is 7.29. The van der Waals surface area contributed by atoms with Crippen LogP contribution in [0.3, 0.4) is 0 Å². The van der Waals surface area contributed by atoms with Crippen molar-refractivity contribution in [1.29, 1.82) is 0 Å². The molecule has 0 bridgehead atoms. The number of fused-ring (bicyclic) bond motifs is 1. The summed E-state index contributed by atoms with van der Waals surface area (Å²) in [5.74, 6) is -1.08. The van der Waals surface area contributed by atoms with E-state index in [9.17, 15) is 14.4 Å². The summed E-state index contributed by atoms with van der Waals surface area (Å²) in [5.41, 5.74) is 3.31. The third-order valence-corrected chi connectivity index (χ3v) is 8.53. The first-order valence-corrected chi connectivity index (χ1v) is 15.8. The molecule has 1 unspecified atom stereocenters. The van der Waals surface area contributed by atoms with Crippen LogP contribution in [-0.2, 0) is 9.59 Å². The SMILES string of the molecule is O=C(Nc1cccc(SC(C(=O)Nc2ccncc2)c2ccccc2)c1)/C(=C\c1cccc2ccccc12)NC(=O)c1ccccc1. The zero-order chi connectivity index (χ0) is 32.4. The van der Waals surface area contributed by atoms with E-state index in [1.807, 2.05) is 97.1 Å². The average molecular weight is 635 g/mol. The van der Waals surface area contributed by atoms with Gasteiger partial charge in [-0.3, -0.25) is 19.4 Å². The molecule has 1 atom stereocenters. The van der Waals surface area contributed by atoms with Crippen molar-refractivity contribution in [3.05, 3.63) is 174 Å². The van der Waals surface area contributed by atoms with Crippen molar-refractivity contribution in [3.63, 3.8) is 0 Å². The Morgan fingerprint density at radius 2 is 1.34 bits per heavy atom. The fraction of sp³-hybridized carbons (Fsp3) is 0.0256. The second-order valence-electron chi connectivity index (χ2n) is 10.6. The highest BCUT2D eigenvalue weighted by Gasteiger charge is 2.23. The van der Waals surface area contributed by atoms with Crippen LogP contribution < -0.4 is 16.0 Å². The van der Waals surface area contributed by atoms with Crippen LogP contribution in [0.5, 0.6) is 0 Å². The molecule has 6 aromatic rings. The van der Waals surface area contributed by atoms with Gasteiger partial charge in [-0.15, -0.1) is 11.8 Å². The Hall–Kier alpha value is -5.99. The number of nitrogens with zero attached hydrogens (tertiary/aromatic N) is 1. The fourth-order valence-electron chi connectivity index (χ4n) is 5.00. The number of carbonyl (C=O) groups excluding carboxylic acids is 3. The van der Waals surface area contributed by atoms with Crippen LogP contribution in [0, 0.1) is 0 Å². The summed E-state index contributed by atoms with van der Waals surface area (Å²) in [7, 11) is 0. The number of hydrogen-bond donors (Lipinski definition) is 3. The van der Waals surface area contributed by atoms with E-state index in [2.05, 4.69) is 20.9 Å². The van der Waals surface area contributed by atoms with Gasteiger partial charge in [0.2, 0.25) is 5.91 Å². The number of hydrogen-bond acceptors (Lipinski definition) is 5. The molecule has 0 saturated heterocycles. The van der Waals surface area contributed by atoms with Gasteiger partial charge in [-0.2, -0.15) is 0 Å². The second kappa shape index (κ2) is 14.9. The van der Waals surface area contributed by atoms with E-state index in [0.717, 1.165) is 26.8 Å². The maximum absolute atomic E-state index is 13.8. The molecule has 6 rings (SSSR count). The van der Waals surface area contributed by atoms with Crippen molar-refractivity contribution < 1.29 is 14.4 Å². The minimum atomic E-state index is -0.567. The normalized spacial score (nSPS) is 11.8. The molecule has 3 amide bonds. The number of pyridine rings is 1. The van der Waals surface area contributed by atoms with Gasteiger partial charge in [0.05, 0.1) is 0 Å². The summed E-state index contributed by atoms with van der Waals surface area (Å²) >= 11 is 1.37. The van der Waals surface area contributed by atoms with Crippen molar-refractivity contribution in [2.75, 3.05) is 10.6 Å². The summed E-state index contributed by atoms with van der Waals surface area (Å²) in [5, 5.41) is 10.1. The van der Waals surface area contributed by atoms with E-state index in [-0.39, 0.29) is 11.6 Å². The molecule has 1 heterocycles. The first-order chi connectivity index (χ1) is 23.0. The Labute approximate surface area is 276 Å². The Morgan fingerprint density at radius 1 is 0.660 bits per heavy atom. The van der Waals surface area contributed by atoms with Crippen molar-refractivity contribution in [2.24, 2.45) is 0 Å². The van der Waals surface area contributed by atoms with Gasteiger partial charge in [-0.25, -0.2) is 0 Å². The van der Waals surface area contributed by atoms with E-state index in [4.69, 9.17) is 0 Å². The molecule has 3 N–H and O–H groups in total. The third kappa shape index (κ3) is 8.00. The fourth-order valence-corrected chi connectivity index (χ4v) is 6.08. The smallest absolute Gasteiger partial charge is 0.272 e. The molecular weight excluding hydrogens is 605 g/mol. The highest BCUT2D eigenvalue weighted by molar-refractivity contribution is 8.00. The van der Waals surface area contributed by atoms with Crippen LogP contribution in [0.25, 0.3) is 16.8 Å². The number of amides is 3. The van der Waals surface area contributed by atoms with Crippen LogP contribution in [0.15, 0.2) is 163 Å². The van der Waals surface area contributed by atoms with E-state index in [1.54, 1.807) is 60.9 Å². The number of carbonyl (C=O) groups is 3. The number of thioether (sulfide) groups is 1. The maximum atomic E-state index is 13.8. The molecule has 47 heavy (non-hydrogen) atoms. The predicted octanol–water partition coefficient (Wildman–Crippen LogP) is 8.12. The number of nitrogens with one attached hydrogen (secondary N) is 3. The molecule has 0 spiro atoms. The number of benzene rings is 5. The topological polar surface area (TPSA) is 100 Å². The van der Waals surface area contributed by atoms with Crippen LogP contribution >= 0.6 is 11.8 Å². The molecule has 0 aliphatic carbocycles. The minimum Gasteiger partial charge on any atom is -0.325 e. The molecule has 8 heteroatoms. The molecule has 5 aromatic carbocycles. The van der Waals surface area contributed by atoms with Gasteiger partial charge in [0.25, 0.3) is 11.8 Å². The van der Waals surface area contributed by atoms with E-state index in [0.29, 0.717) is 16.9 Å². The summed E-state index contributed by atoms with van der Waals surface area (Å²) in [4.78, 5) is 45.3. The maximum Gasteiger partial charge on any atom is 0.272 e. The summed E-state index contributed by atoms with van der Waals surface area (Å²) in [6, 6.07) is 42.7. The van der Waals surface area contributed by atoms with Crippen LogP contribution in [0.1, 0.15) is 26.7 Å². The van der Waals surface area contributed by atoms with Gasteiger partial charge in [-0.05, 0) is 70.4 Å². The molecule has 0 aliphatic rings. The molecule has 0 saturated carbocycles. The quantitative estimate of drug-likeness (QED) is 0.104. The lowest BCUT2D eigenvalue weighted by atomic mass is 10.0. The Kier molecular flexibility index (Phi) is 9.81. The molecule has 0 fully saturated rings. The largest absolute Gasteiger partial charge is 0.325 e. The molecule has 0 radical (unpaired) electrons. The van der Waals surface area contributed by atoms with E-state index in [1.165, 1.54) is 11.8 Å². The summed E-state index contributed by atoms with van der Waals surface area (Å²) in [6.07, 6.45) is 4.93. The van der Waals surface area contributed by atoms with Gasteiger partial charge in [0.15, 0.2) is 0 Å². The Bertz CT molecular complexity index is 2050. The Balaban J connectivity index is 1.27. The van der Waals surface area contributed by atoms with Gasteiger partial charge in [-0.1, -0.05) is 97.1 Å². The summed E-state index contributed by atoms with van der Waals surface area (Å²) in [6.45, 7) is 0. The zero-order valence-electron chi connectivity index (χ0n) is 25.2. The monoisotopic (exact) mass is 634 g/mol. The highest BCUT2D eigenvalue weighted by atomic mass is 32.2. The summed E-state index contributed by atoms with van der Waals surface area (Å²) < 4.78 is 0. The predicted molar refractivity (Wildman–Crippen MR) is 189 cm³/mol. The lowest BCUT2D eigenvalue weighted by Gasteiger charge is -2.18. The highest BCUT2D eigenvalue weighted by Crippen LogP contribution is 2.37. The first-order valence-electron chi connectivity index (χ1n) is 14.9. The van der Waals surface area contributed by atoms with Crippen LogP contribution in [0.2, 0.25) is 0 Å².